The van der Waals surface area contributed by atoms with Crippen molar-refractivity contribution >= 4 is 11.9 Å². The Hall–Kier alpha value is -2.91. The highest BCUT2D eigenvalue weighted by atomic mass is 16.1. The molecule has 0 spiro atoms. The minimum atomic E-state index is 0.606. The molecule has 0 saturated carbocycles. The van der Waals surface area contributed by atoms with E-state index in [0.29, 0.717) is 11.3 Å². The molecule has 0 heterocycles. The highest BCUT2D eigenvalue weighted by molar-refractivity contribution is 5.75. The fraction of sp³-hybridized carbons (Fsp3) is 0.240. The molecule has 3 heteroatoms. The zero-order valence-corrected chi connectivity index (χ0v) is 17.5. The third-order valence-corrected chi connectivity index (χ3v) is 3.97. The van der Waals surface area contributed by atoms with Crippen LogP contribution in [-0.2, 0) is 11.2 Å². The van der Waals surface area contributed by atoms with Gasteiger partial charge in [0, 0.05) is 24.0 Å². The minimum absolute atomic E-state index is 0.606. The number of hydrogen-bond donors (Lipinski definition) is 1. The third-order valence-electron chi connectivity index (χ3n) is 3.97. The van der Waals surface area contributed by atoms with E-state index in [1.165, 1.54) is 5.56 Å². The molecule has 0 fully saturated rings. The molecule has 0 aliphatic heterocycles. The van der Waals surface area contributed by atoms with Crippen LogP contribution in [0.2, 0.25) is 0 Å². The summed E-state index contributed by atoms with van der Waals surface area (Å²) in [4.78, 5) is 12.9. The normalized spacial score (nSPS) is 12.8. The quantitative estimate of drug-likeness (QED) is 0.253. The van der Waals surface area contributed by atoms with Gasteiger partial charge in [0.15, 0.2) is 0 Å². The van der Waals surface area contributed by atoms with Crippen molar-refractivity contribution in [1.29, 1.82) is 0 Å². The second kappa shape index (κ2) is 12.5. The van der Waals surface area contributed by atoms with Gasteiger partial charge in [0.05, 0.1) is 0 Å². The highest BCUT2D eigenvalue weighted by Crippen LogP contribution is 2.20. The van der Waals surface area contributed by atoms with Gasteiger partial charge in [0.2, 0.25) is 0 Å². The van der Waals surface area contributed by atoms with E-state index in [2.05, 4.69) is 73.9 Å². The van der Waals surface area contributed by atoms with Crippen molar-refractivity contribution in [1.82, 2.24) is 10.2 Å². The molecule has 28 heavy (non-hydrogen) atoms. The Balaban J connectivity index is 2.94. The average molecular weight is 377 g/mol. The lowest BCUT2D eigenvalue weighted by Crippen LogP contribution is -2.10. The fourth-order valence-electron chi connectivity index (χ4n) is 2.41. The van der Waals surface area contributed by atoms with Gasteiger partial charge in [-0.1, -0.05) is 61.7 Å². The van der Waals surface area contributed by atoms with Crippen molar-refractivity contribution in [3.63, 3.8) is 0 Å². The molecule has 0 amide bonds. The van der Waals surface area contributed by atoms with Gasteiger partial charge < -0.3 is 10.2 Å². The maximum Gasteiger partial charge on any atom is 0.147 e. The van der Waals surface area contributed by atoms with Crippen molar-refractivity contribution in [2.24, 2.45) is 0 Å². The molecule has 0 radical (unpaired) electrons. The molecule has 0 atom stereocenters. The van der Waals surface area contributed by atoms with Crippen LogP contribution in [0, 0.1) is 0 Å². The smallest absolute Gasteiger partial charge is 0.147 e. The lowest BCUT2D eigenvalue weighted by atomic mass is 10.00. The third kappa shape index (κ3) is 8.65. The summed E-state index contributed by atoms with van der Waals surface area (Å²) in [6.45, 7) is 12.9. The Labute approximate surface area is 170 Å². The second-order valence-corrected chi connectivity index (χ2v) is 6.89. The monoisotopic (exact) mass is 376 g/mol. The van der Waals surface area contributed by atoms with Gasteiger partial charge in [0.1, 0.15) is 6.29 Å². The lowest BCUT2D eigenvalue weighted by molar-refractivity contribution is -0.104. The molecule has 3 nitrogen and oxygen atoms in total. The Morgan fingerprint density at radius 3 is 2.61 bits per heavy atom. The summed E-state index contributed by atoms with van der Waals surface area (Å²) >= 11 is 0. The number of nitrogens with zero attached hydrogens (tertiary/aromatic N) is 1. The second-order valence-electron chi connectivity index (χ2n) is 6.89. The largest absolute Gasteiger partial charge is 0.361 e. The van der Waals surface area contributed by atoms with Gasteiger partial charge in [-0.15, -0.1) is 0 Å². The van der Waals surface area contributed by atoms with Crippen LogP contribution in [0.5, 0.6) is 0 Å². The maximum absolute atomic E-state index is 10.7. The van der Waals surface area contributed by atoms with Crippen LogP contribution < -0.4 is 5.32 Å². The van der Waals surface area contributed by atoms with Crippen molar-refractivity contribution in [2.75, 3.05) is 20.6 Å². The van der Waals surface area contributed by atoms with Gasteiger partial charge in [-0.25, -0.2) is 0 Å². The summed E-state index contributed by atoms with van der Waals surface area (Å²) < 4.78 is 0. The Kier molecular flexibility index (Phi) is 10.3. The molecule has 1 N–H and O–H groups in total. The standard InChI is InChI=1S/C25H32N2O/c1-7-11-25(22(4)26-18-20(2)19-28)16-21(3)24-14-10-13-23(17-24)12-8-9-15-27(5)6/h7-11,13-14,16-19,26H,3-4,12,15H2,1-2,5-6H3/b9-8+,11-7-,20-18+,25-16+. The first-order valence-electron chi connectivity index (χ1n) is 9.37. The number of likely N-dealkylation sites (N-methyl/N-ethyl adjacent to an activating group) is 1. The minimum Gasteiger partial charge on any atom is -0.361 e. The average Bonchev–Trinajstić information content (AvgIpc) is 2.68. The summed E-state index contributed by atoms with van der Waals surface area (Å²) in [5, 5.41) is 3.07. The molecular formula is C25H32N2O. The zero-order chi connectivity index (χ0) is 20.9. The number of hydrogen-bond acceptors (Lipinski definition) is 3. The number of aldehydes is 1. The molecule has 0 aromatic heterocycles. The van der Waals surface area contributed by atoms with E-state index in [0.717, 1.165) is 36.0 Å². The van der Waals surface area contributed by atoms with Crippen LogP contribution in [0.15, 0.2) is 90.8 Å². The zero-order valence-electron chi connectivity index (χ0n) is 17.5. The summed E-state index contributed by atoms with van der Waals surface area (Å²) in [6, 6.07) is 8.41. The van der Waals surface area contributed by atoms with Crippen LogP contribution in [0.3, 0.4) is 0 Å². The van der Waals surface area contributed by atoms with E-state index in [1.54, 1.807) is 13.1 Å². The van der Waals surface area contributed by atoms with E-state index >= 15 is 0 Å². The van der Waals surface area contributed by atoms with Crippen molar-refractivity contribution in [3.05, 3.63) is 102 Å². The molecular weight excluding hydrogens is 344 g/mol. The first-order valence-corrected chi connectivity index (χ1v) is 9.37. The fourth-order valence-corrected chi connectivity index (χ4v) is 2.41. The van der Waals surface area contributed by atoms with Crippen LogP contribution in [-0.4, -0.2) is 31.8 Å². The Bertz CT molecular complexity index is 808. The number of nitrogens with one attached hydrogen (secondary N) is 1. The van der Waals surface area contributed by atoms with Crippen LogP contribution >= 0.6 is 0 Å². The van der Waals surface area contributed by atoms with E-state index in [9.17, 15) is 4.79 Å². The number of rotatable bonds is 11. The molecule has 1 aromatic rings. The molecule has 0 bridgehead atoms. The highest BCUT2D eigenvalue weighted by Gasteiger charge is 2.03. The molecule has 148 valence electrons. The van der Waals surface area contributed by atoms with Gasteiger partial charge in [-0.05, 0) is 62.7 Å². The van der Waals surface area contributed by atoms with E-state index in [-0.39, 0.29) is 0 Å². The lowest BCUT2D eigenvalue weighted by Gasteiger charge is -2.10. The van der Waals surface area contributed by atoms with Crippen LogP contribution in [0.4, 0.5) is 0 Å². The van der Waals surface area contributed by atoms with E-state index < -0.39 is 0 Å². The number of carbonyl (C=O) groups excluding carboxylic acids is 1. The molecule has 1 aromatic carbocycles. The maximum atomic E-state index is 10.7. The Morgan fingerprint density at radius 1 is 1.21 bits per heavy atom. The molecule has 0 aliphatic carbocycles. The topological polar surface area (TPSA) is 32.3 Å². The van der Waals surface area contributed by atoms with Gasteiger partial charge in [-0.2, -0.15) is 0 Å². The van der Waals surface area contributed by atoms with Gasteiger partial charge in [0.25, 0.3) is 0 Å². The summed E-state index contributed by atoms with van der Waals surface area (Å²) in [5.41, 5.74) is 5.46. The summed E-state index contributed by atoms with van der Waals surface area (Å²) in [7, 11) is 4.12. The molecule has 0 saturated heterocycles. The number of carbonyl (C=O) groups is 1. The van der Waals surface area contributed by atoms with Gasteiger partial charge in [-0.3, -0.25) is 4.79 Å². The van der Waals surface area contributed by atoms with Crippen LogP contribution in [0.1, 0.15) is 25.0 Å². The van der Waals surface area contributed by atoms with Crippen molar-refractivity contribution < 1.29 is 4.79 Å². The van der Waals surface area contributed by atoms with Crippen molar-refractivity contribution in [2.45, 2.75) is 20.3 Å². The van der Waals surface area contributed by atoms with Gasteiger partial charge >= 0.3 is 0 Å². The predicted octanol–water partition coefficient (Wildman–Crippen LogP) is 5.07. The molecule has 1 rings (SSSR count). The predicted molar refractivity (Wildman–Crippen MR) is 122 cm³/mol. The summed E-state index contributed by atoms with van der Waals surface area (Å²) in [6.07, 6.45) is 13.6. The SMILES string of the molecule is C=C(N/C=C(\C)C=O)C(/C=C\C)=C/C(=C)c1cccc(C/C=C/CN(C)C)c1. The number of benzene rings is 1. The summed E-state index contributed by atoms with van der Waals surface area (Å²) in [5.74, 6) is 0. The first-order chi connectivity index (χ1) is 13.4. The van der Waals surface area contributed by atoms with E-state index in [1.807, 2.05) is 25.2 Å². The van der Waals surface area contributed by atoms with E-state index in [4.69, 9.17) is 0 Å². The molecule has 0 aliphatic rings. The van der Waals surface area contributed by atoms with Crippen LogP contribution in [0.25, 0.3) is 5.57 Å². The first kappa shape index (κ1) is 23.1. The number of allylic oxidation sites excluding steroid dienone is 6. The molecule has 0 unspecified atom stereocenters. The van der Waals surface area contributed by atoms with Crippen molar-refractivity contribution in [3.8, 4) is 0 Å². The Morgan fingerprint density at radius 2 is 1.96 bits per heavy atom.